The van der Waals surface area contributed by atoms with Crippen LogP contribution in [0.3, 0.4) is 0 Å². The SMILES string of the molecule is CCc1cc(NC/C=C/CN)ncn1. The summed E-state index contributed by atoms with van der Waals surface area (Å²) in [5.74, 6) is 0.860. The quantitative estimate of drug-likeness (QED) is 0.682. The first-order chi connectivity index (χ1) is 6.86. The van der Waals surface area contributed by atoms with Crippen molar-refractivity contribution in [3.63, 3.8) is 0 Å². The molecule has 76 valence electrons. The van der Waals surface area contributed by atoms with Crippen molar-refractivity contribution >= 4 is 5.82 Å². The first-order valence-electron chi connectivity index (χ1n) is 4.76. The first kappa shape index (κ1) is 10.7. The lowest BCUT2D eigenvalue weighted by molar-refractivity contribution is 0.995. The normalized spacial score (nSPS) is 10.7. The predicted molar refractivity (Wildman–Crippen MR) is 58.1 cm³/mol. The number of nitrogens with zero attached hydrogens (tertiary/aromatic N) is 2. The Hall–Kier alpha value is -1.42. The summed E-state index contributed by atoms with van der Waals surface area (Å²) in [7, 11) is 0. The molecule has 0 spiro atoms. The Morgan fingerprint density at radius 2 is 2.29 bits per heavy atom. The van der Waals surface area contributed by atoms with Crippen molar-refractivity contribution < 1.29 is 0 Å². The van der Waals surface area contributed by atoms with Gasteiger partial charge in [0.25, 0.3) is 0 Å². The van der Waals surface area contributed by atoms with Crippen LogP contribution in [0.2, 0.25) is 0 Å². The average Bonchev–Trinajstić information content (AvgIpc) is 2.25. The Morgan fingerprint density at radius 3 is 3.00 bits per heavy atom. The number of aromatic nitrogens is 2. The monoisotopic (exact) mass is 192 g/mol. The molecule has 4 heteroatoms. The molecule has 0 saturated carbocycles. The molecule has 1 heterocycles. The third-order valence-corrected chi connectivity index (χ3v) is 1.79. The van der Waals surface area contributed by atoms with Crippen LogP contribution in [0.5, 0.6) is 0 Å². The summed E-state index contributed by atoms with van der Waals surface area (Å²) < 4.78 is 0. The van der Waals surface area contributed by atoms with Gasteiger partial charge in [0.05, 0.1) is 0 Å². The molecule has 1 aromatic heterocycles. The highest BCUT2D eigenvalue weighted by molar-refractivity contribution is 5.35. The molecule has 0 aliphatic carbocycles. The number of rotatable bonds is 5. The summed E-state index contributed by atoms with van der Waals surface area (Å²) in [6.07, 6.45) is 6.40. The van der Waals surface area contributed by atoms with Gasteiger partial charge in [-0.05, 0) is 6.42 Å². The van der Waals surface area contributed by atoms with Crippen LogP contribution in [-0.4, -0.2) is 23.1 Å². The molecule has 0 saturated heterocycles. The number of anilines is 1. The largest absolute Gasteiger partial charge is 0.366 e. The summed E-state index contributed by atoms with van der Waals surface area (Å²) in [6.45, 7) is 3.39. The smallest absolute Gasteiger partial charge is 0.129 e. The maximum atomic E-state index is 5.31. The fraction of sp³-hybridized carbons (Fsp3) is 0.400. The Morgan fingerprint density at radius 1 is 1.43 bits per heavy atom. The lowest BCUT2D eigenvalue weighted by Crippen LogP contribution is -2.03. The van der Waals surface area contributed by atoms with Crippen LogP contribution < -0.4 is 11.1 Å². The fourth-order valence-electron chi connectivity index (χ4n) is 1.03. The minimum atomic E-state index is 0.575. The molecule has 0 fully saturated rings. The number of hydrogen-bond donors (Lipinski definition) is 2. The van der Waals surface area contributed by atoms with Gasteiger partial charge in [0.2, 0.25) is 0 Å². The van der Waals surface area contributed by atoms with Gasteiger partial charge in [0, 0.05) is 24.8 Å². The predicted octanol–water partition coefficient (Wildman–Crippen LogP) is 0.966. The van der Waals surface area contributed by atoms with E-state index in [2.05, 4.69) is 22.2 Å². The minimum absolute atomic E-state index is 0.575. The molecule has 0 radical (unpaired) electrons. The van der Waals surface area contributed by atoms with Crippen LogP contribution >= 0.6 is 0 Å². The van der Waals surface area contributed by atoms with Gasteiger partial charge in [-0.15, -0.1) is 0 Å². The van der Waals surface area contributed by atoms with E-state index in [9.17, 15) is 0 Å². The Kier molecular flexibility index (Phi) is 4.64. The molecule has 0 aliphatic heterocycles. The molecule has 0 aliphatic rings. The van der Waals surface area contributed by atoms with Crippen LogP contribution in [0, 0.1) is 0 Å². The van der Waals surface area contributed by atoms with E-state index in [1.54, 1.807) is 6.33 Å². The molecule has 1 rings (SSSR count). The molecule has 0 amide bonds. The lowest BCUT2D eigenvalue weighted by atomic mass is 10.3. The molecule has 1 aromatic rings. The second-order valence-electron chi connectivity index (χ2n) is 2.84. The van der Waals surface area contributed by atoms with E-state index >= 15 is 0 Å². The summed E-state index contributed by atoms with van der Waals surface area (Å²) in [5.41, 5.74) is 6.36. The van der Waals surface area contributed by atoms with Crippen LogP contribution in [-0.2, 0) is 6.42 Å². The number of aryl methyl sites for hydroxylation is 1. The molecule has 0 aromatic carbocycles. The Labute approximate surface area is 84.3 Å². The van der Waals surface area contributed by atoms with E-state index in [-0.39, 0.29) is 0 Å². The first-order valence-corrected chi connectivity index (χ1v) is 4.76. The van der Waals surface area contributed by atoms with Crippen molar-refractivity contribution in [2.24, 2.45) is 5.73 Å². The summed E-state index contributed by atoms with van der Waals surface area (Å²) in [6, 6.07) is 1.95. The van der Waals surface area contributed by atoms with Gasteiger partial charge in [0.1, 0.15) is 12.1 Å². The molecule has 0 bridgehead atoms. The Balaban J connectivity index is 2.46. The minimum Gasteiger partial charge on any atom is -0.366 e. The number of nitrogens with two attached hydrogens (primary N) is 1. The Bertz CT molecular complexity index is 296. The lowest BCUT2D eigenvalue weighted by Gasteiger charge is -2.02. The zero-order chi connectivity index (χ0) is 10.2. The van der Waals surface area contributed by atoms with Crippen LogP contribution in [0.1, 0.15) is 12.6 Å². The highest BCUT2D eigenvalue weighted by Crippen LogP contribution is 2.03. The molecule has 0 atom stereocenters. The second kappa shape index (κ2) is 6.10. The van der Waals surface area contributed by atoms with Crippen LogP contribution in [0.25, 0.3) is 0 Å². The van der Waals surface area contributed by atoms with Crippen molar-refractivity contribution in [3.8, 4) is 0 Å². The third kappa shape index (κ3) is 3.53. The van der Waals surface area contributed by atoms with E-state index < -0.39 is 0 Å². The standard InChI is InChI=1S/C10H16N4/c1-2-9-7-10(14-8-13-9)12-6-4-3-5-11/h3-4,7-8H,2,5-6,11H2,1H3,(H,12,13,14)/b4-3+. The zero-order valence-electron chi connectivity index (χ0n) is 8.40. The number of nitrogens with one attached hydrogen (secondary N) is 1. The topological polar surface area (TPSA) is 63.8 Å². The molecule has 0 unspecified atom stereocenters. The maximum Gasteiger partial charge on any atom is 0.129 e. The van der Waals surface area contributed by atoms with E-state index in [4.69, 9.17) is 5.73 Å². The van der Waals surface area contributed by atoms with Gasteiger partial charge in [-0.2, -0.15) is 0 Å². The highest BCUT2D eigenvalue weighted by atomic mass is 15.0. The van der Waals surface area contributed by atoms with Gasteiger partial charge >= 0.3 is 0 Å². The summed E-state index contributed by atoms with van der Waals surface area (Å²) >= 11 is 0. The highest BCUT2D eigenvalue weighted by Gasteiger charge is 1.94. The van der Waals surface area contributed by atoms with Gasteiger partial charge in [0.15, 0.2) is 0 Å². The van der Waals surface area contributed by atoms with Gasteiger partial charge in [-0.1, -0.05) is 19.1 Å². The molecule has 3 N–H and O–H groups in total. The second-order valence-corrected chi connectivity index (χ2v) is 2.84. The van der Waals surface area contributed by atoms with Crippen molar-refractivity contribution in [2.45, 2.75) is 13.3 Å². The molecule has 14 heavy (non-hydrogen) atoms. The van der Waals surface area contributed by atoms with E-state index in [1.165, 1.54) is 0 Å². The maximum absolute atomic E-state index is 5.31. The fourth-order valence-corrected chi connectivity index (χ4v) is 1.03. The van der Waals surface area contributed by atoms with E-state index in [0.29, 0.717) is 6.54 Å². The van der Waals surface area contributed by atoms with Crippen molar-refractivity contribution in [2.75, 3.05) is 18.4 Å². The third-order valence-electron chi connectivity index (χ3n) is 1.79. The summed E-state index contributed by atoms with van der Waals surface area (Å²) in [5, 5.41) is 3.16. The van der Waals surface area contributed by atoms with E-state index in [0.717, 1.165) is 24.5 Å². The van der Waals surface area contributed by atoms with Gasteiger partial charge in [-0.25, -0.2) is 9.97 Å². The van der Waals surface area contributed by atoms with Crippen molar-refractivity contribution in [1.29, 1.82) is 0 Å². The zero-order valence-corrected chi connectivity index (χ0v) is 8.40. The van der Waals surface area contributed by atoms with Gasteiger partial charge in [-0.3, -0.25) is 0 Å². The van der Waals surface area contributed by atoms with Crippen LogP contribution in [0.4, 0.5) is 5.82 Å². The number of hydrogen-bond acceptors (Lipinski definition) is 4. The summed E-state index contributed by atoms with van der Waals surface area (Å²) in [4.78, 5) is 8.21. The average molecular weight is 192 g/mol. The van der Waals surface area contributed by atoms with Crippen LogP contribution in [0.15, 0.2) is 24.5 Å². The molecular weight excluding hydrogens is 176 g/mol. The van der Waals surface area contributed by atoms with Crippen molar-refractivity contribution in [3.05, 3.63) is 30.2 Å². The molecular formula is C10H16N4. The van der Waals surface area contributed by atoms with E-state index in [1.807, 2.05) is 18.2 Å². The van der Waals surface area contributed by atoms with Gasteiger partial charge < -0.3 is 11.1 Å². The molecule has 4 nitrogen and oxygen atoms in total. The van der Waals surface area contributed by atoms with Crippen molar-refractivity contribution in [1.82, 2.24) is 9.97 Å².